The van der Waals surface area contributed by atoms with Gasteiger partial charge in [-0.3, -0.25) is 9.59 Å². The van der Waals surface area contributed by atoms with Gasteiger partial charge in [-0.1, -0.05) is 0 Å². The number of nitrogens with zero attached hydrogens (tertiary/aromatic N) is 3. The van der Waals surface area contributed by atoms with E-state index in [4.69, 9.17) is 0 Å². The van der Waals surface area contributed by atoms with E-state index in [1.54, 1.807) is 4.90 Å². The molecule has 0 aliphatic carbocycles. The van der Waals surface area contributed by atoms with Gasteiger partial charge >= 0.3 is 0 Å². The van der Waals surface area contributed by atoms with Gasteiger partial charge in [0.15, 0.2) is 0 Å². The van der Waals surface area contributed by atoms with Crippen molar-refractivity contribution in [2.24, 2.45) is 5.92 Å². The second-order valence-corrected chi connectivity index (χ2v) is 5.83. The smallest absolute Gasteiger partial charge is 0.225 e. The SMILES string of the molecule is CN(C)C(=O)C1CCN(CCN2CCCC2=O)CC1. The van der Waals surface area contributed by atoms with Crippen molar-refractivity contribution in [2.75, 3.05) is 46.8 Å². The molecule has 0 N–H and O–H groups in total. The van der Waals surface area contributed by atoms with Crippen LogP contribution in [0.25, 0.3) is 0 Å². The lowest BCUT2D eigenvalue weighted by Gasteiger charge is -2.33. The quantitative estimate of drug-likeness (QED) is 0.741. The van der Waals surface area contributed by atoms with Crippen molar-refractivity contribution in [2.45, 2.75) is 25.7 Å². The van der Waals surface area contributed by atoms with Gasteiger partial charge in [-0.2, -0.15) is 0 Å². The van der Waals surface area contributed by atoms with Crippen LogP contribution in [0.3, 0.4) is 0 Å². The van der Waals surface area contributed by atoms with Crippen molar-refractivity contribution in [3.63, 3.8) is 0 Å². The third-order valence-electron chi connectivity index (χ3n) is 4.24. The number of carbonyl (C=O) groups is 2. The molecule has 5 nitrogen and oxygen atoms in total. The Labute approximate surface area is 115 Å². The first-order valence-electron chi connectivity index (χ1n) is 7.29. The molecule has 0 bridgehead atoms. The zero-order valence-electron chi connectivity index (χ0n) is 12.1. The summed E-state index contributed by atoms with van der Waals surface area (Å²) in [5.74, 6) is 0.756. The summed E-state index contributed by atoms with van der Waals surface area (Å²) in [6.07, 6.45) is 3.63. The van der Waals surface area contributed by atoms with Crippen LogP contribution in [0.4, 0.5) is 0 Å². The van der Waals surface area contributed by atoms with Crippen LogP contribution in [0, 0.1) is 5.92 Å². The van der Waals surface area contributed by atoms with Gasteiger partial charge in [0.1, 0.15) is 0 Å². The number of hydrogen-bond acceptors (Lipinski definition) is 3. The van der Waals surface area contributed by atoms with Crippen LogP contribution in [0.1, 0.15) is 25.7 Å². The Kier molecular flexibility index (Phi) is 4.80. The topological polar surface area (TPSA) is 43.9 Å². The minimum atomic E-state index is 0.194. The lowest BCUT2D eigenvalue weighted by molar-refractivity contribution is -0.134. The number of hydrogen-bond donors (Lipinski definition) is 0. The molecule has 0 aromatic heterocycles. The molecule has 2 rings (SSSR count). The lowest BCUT2D eigenvalue weighted by atomic mass is 9.95. The molecule has 0 radical (unpaired) electrons. The van der Waals surface area contributed by atoms with Gasteiger partial charge < -0.3 is 14.7 Å². The molecule has 0 spiro atoms. The molecule has 2 saturated heterocycles. The van der Waals surface area contributed by atoms with Crippen LogP contribution in [0.2, 0.25) is 0 Å². The van der Waals surface area contributed by atoms with E-state index in [0.29, 0.717) is 5.91 Å². The first-order chi connectivity index (χ1) is 9.08. The fraction of sp³-hybridized carbons (Fsp3) is 0.857. The monoisotopic (exact) mass is 267 g/mol. The largest absolute Gasteiger partial charge is 0.349 e. The van der Waals surface area contributed by atoms with Gasteiger partial charge in [0.25, 0.3) is 0 Å². The highest BCUT2D eigenvalue weighted by molar-refractivity contribution is 5.78. The highest BCUT2D eigenvalue weighted by Crippen LogP contribution is 2.19. The van der Waals surface area contributed by atoms with E-state index in [0.717, 1.165) is 58.4 Å². The average Bonchev–Trinajstić information content (AvgIpc) is 2.81. The van der Waals surface area contributed by atoms with Crippen LogP contribution in [-0.4, -0.2) is 73.3 Å². The van der Waals surface area contributed by atoms with Gasteiger partial charge in [-0.25, -0.2) is 0 Å². The highest BCUT2D eigenvalue weighted by Gasteiger charge is 2.27. The maximum Gasteiger partial charge on any atom is 0.225 e. The minimum Gasteiger partial charge on any atom is -0.349 e. The Morgan fingerprint density at radius 2 is 1.89 bits per heavy atom. The van der Waals surface area contributed by atoms with Crippen LogP contribution < -0.4 is 0 Å². The van der Waals surface area contributed by atoms with Crippen LogP contribution in [0.15, 0.2) is 0 Å². The fourth-order valence-corrected chi connectivity index (χ4v) is 2.97. The van der Waals surface area contributed by atoms with Gasteiger partial charge in [-0.15, -0.1) is 0 Å². The van der Waals surface area contributed by atoms with E-state index in [1.807, 2.05) is 19.0 Å². The Balaban J connectivity index is 1.69. The molecule has 2 amide bonds. The van der Waals surface area contributed by atoms with Crippen molar-refractivity contribution in [1.82, 2.24) is 14.7 Å². The summed E-state index contributed by atoms with van der Waals surface area (Å²) < 4.78 is 0. The van der Waals surface area contributed by atoms with Crippen molar-refractivity contribution in [3.05, 3.63) is 0 Å². The molecule has 0 saturated carbocycles. The molecule has 19 heavy (non-hydrogen) atoms. The third-order valence-corrected chi connectivity index (χ3v) is 4.24. The molecule has 0 aromatic rings. The summed E-state index contributed by atoms with van der Waals surface area (Å²) in [4.78, 5) is 29.4. The fourth-order valence-electron chi connectivity index (χ4n) is 2.97. The molecule has 2 aliphatic heterocycles. The summed E-state index contributed by atoms with van der Waals surface area (Å²) in [5.41, 5.74) is 0. The second-order valence-electron chi connectivity index (χ2n) is 5.83. The molecular formula is C14H25N3O2. The second kappa shape index (κ2) is 6.37. The number of rotatable bonds is 4. The van der Waals surface area contributed by atoms with Gasteiger partial charge in [-0.05, 0) is 32.4 Å². The van der Waals surface area contributed by atoms with Crippen molar-refractivity contribution < 1.29 is 9.59 Å². The molecule has 0 unspecified atom stereocenters. The predicted octanol–water partition coefficient (Wildman–Crippen LogP) is 0.409. The maximum atomic E-state index is 11.9. The number of likely N-dealkylation sites (tertiary alicyclic amines) is 2. The van der Waals surface area contributed by atoms with Crippen molar-refractivity contribution >= 4 is 11.8 Å². The van der Waals surface area contributed by atoms with Crippen molar-refractivity contribution in [3.8, 4) is 0 Å². The van der Waals surface area contributed by atoms with Gasteiger partial charge in [0.05, 0.1) is 0 Å². The summed E-state index contributed by atoms with van der Waals surface area (Å²) in [5, 5.41) is 0. The number of amides is 2. The molecule has 2 aliphatic rings. The van der Waals surface area contributed by atoms with E-state index in [1.165, 1.54) is 0 Å². The average molecular weight is 267 g/mol. The number of carbonyl (C=O) groups excluding carboxylic acids is 2. The van der Waals surface area contributed by atoms with Crippen LogP contribution in [-0.2, 0) is 9.59 Å². The van der Waals surface area contributed by atoms with E-state index in [9.17, 15) is 9.59 Å². The molecular weight excluding hydrogens is 242 g/mol. The molecule has 2 heterocycles. The summed E-state index contributed by atoms with van der Waals surface area (Å²) >= 11 is 0. The van der Waals surface area contributed by atoms with Crippen molar-refractivity contribution in [1.29, 1.82) is 0 Å². The van der Waals surface area contributed by atoms with Gasteiger partial charge in [0, 0.05) is 46.1 Å². The third kappa shape index (κ3) is 3.69. The molecule has 2 fully saturated rings. The van der Waals surface area contributed by atoms with Gasteiger partial charge in [0.2, 0.25) is 11.8 Å². The summed E-state index contributed by atoms with van der Waals surface area (Å²) in [6, 6.07) is 0. The molecule has 5 heteroatoms. The first kappa shape index (κ1) is 14.3. The summed E-state index contributed by atoms with van der Waals surface area (Å²) in [6.45, 7) is 4.69. The van der Waals surface area contributed by atoms with Crippen LogP contribution >= 0.6 is 0 Å². The first-order valence-corrected chi connectivity index (χ1v) is 7.29. The standard InChI is InChI=1S/C14H25N3O2/c1-15(2)14(19)12-5-8-16(9-6-12)10-11-17-7-3-4-13(17)18/h12H,3-11H2,1-2H3. The van der Waals surface area contributed by atoms with E-state index >= 15 is 0 Å². The summed E-state index contributed by atoms with van der Waals surface area (Å²) in [7, 11) is 3.65. The molecule has 108 valence electrons. The van der Waals surface area contributed by atoms with E-state index < -0.39 is 0 Å². The molecule has 0 atom stereocenters. The zero-order chi connectivity index (χ0) is 13.8. The van der Waals surface area contributed by atoms with Crippen LogP contribution in [0.5, 0.6) is 0 Å². The van der Waals surface area contributed by atoms with E-state index in [-0.39, 0.29) is 11.8 Å². The Bertz CT molecular complexity index is 336. The Morgan fingerprint density at radius 3 is 2.42 bits per heavy atom. The lowest BCUT2D eigenvalue weighted by Crippen LogP contribution is -2.43. The minimum absolute atomic E-state index is 0.194. The normalized spacial score (nSPS) is 22.0. The predicted molar refractivity (Wildman–Crippen MR) is 73.7 cm³/mol. The highest BCUT2D eigenvalue weighted by atomic mass is 16.2. The molecule has 0 aromatic carbocycles. The Morgan fingerprint density at radius 1 is 1.21 bits per heavy atom. The van der Waals surface area contributed by atoms with E-state index in [2.05, 4.69) is 4.90 Å². The Hall–Kier alpha value is -1.10. The maximum absolute atomic E-state index is 11.9. The zero-order valence-corrected chi connectivity index (χ0v) is 12.1. The number of piperidine rings is 1.